The third-order valence-corrected chi connectivity index (χ3v) is 2.10. The molecule has 1 aromatic rings. The second-order valence-corrected chi connectivity index (χ2v) is 3.78. The van der Waals surface area contributed by atoms with E-state index in [0.29, 0.717) is 0 Å². The predicted molar refractivity (Wildman–Crippen MR) is 57.1 cm³/mol. The third kappa shape index (κ3) is 3.72. The fourth-order valence-electron chi connectivity index (χ4n) is 1.09. The van der Waals surface area contributed by atoms with Crippen molar-refractivity contribution in [2.45, 2.75) is 26.6 Å². The van der Waals surface area contributed by atoms with E-state index in [-0.39, 0.29) is 12.5 Å². The highest BCUT2D eigenvalue weighted by molar-refractivity contribution is 5.74. The van der Waals surface area contributed by atoms with Crippen molar-refractivity contribution in [3.05, 3.63) is 35.9 Å². The average molecular weight is 208 g/mol. The molecule has 0 fully saturated rings. The second-order valence-electron chi connectivity index (χ2n) is 3.78. The van der Waals surface area contributed by atoms with Crippen LogP contribution >= 0.6 is 0 Å². The number of carbonyl (C=O) groups is 1. The zero-order valence-electron chi connectivity index (χ0n) is 9.01. The topological polar surface area (TPSA) is 46.5 Å². The van der Waals surface area contributed by atoms with Gasteiger partial charge in [-0.3, -0.25) is 0 Å². The van der Waals surface area contributed by atoms with Gasteiger partial charge in [0.05, 0.1) is 0 Å². The largest absolute Gasteiger partial charge is 0.459 e. The van der Waals surface area contributed by atoms with Gasteiger partial charge in [-0.25, -0.2) is 4.79 Å². The highest BCUT2D eigenvalue weighted by Crippen LogP contribution is 2.06. The second kappa shape index (κ2) is 5.51. The molecule has 1 atom stereocenters. The van der Waals surface area contributed by atoms with Crippen LogP contribution in [0.15, 0.2) is 30.3 Å². The van der Waals surface area contributed by atoms with E-state index in [2.05, 4.69) is 0 Å². The summed E-state index contributed by atoms with van der Waals surface area (Å²) >= 11 is 0. The third-order valence-electron chi connectivity index (χ3n) is 2.10. The Morgan fingerprint density at radius 1 is 1.33 bits per heavy atom. The fraction of sp³-hybridized carbons (Fsp3) is 0.417. The van der Waals surface area contributed by atoms with Crippen LogP contribution in [-0.4, -0.2) is 17.2 Å². The molecule has 0 aliphatic carbocycles. The van der Waals surface area contributed by atoms with Gasteiger partial charge in [0.15, 0.2) is 6.10 Å². The molecule has 0 spiro atoms. The Kier molecular flexibility index (Phi) is 4.31. The molecule has 15 heavy (non-hydrogen) atoms. The van der Waals surface area contributed by atoms with Crippen LogP contribution in [0.4, 0.5) is 0 Å². The first-order valence-corrected chi connectivity index (χ1v) is 5.00. The van der Waals surface area contributed by atoms with E-state index >= 15 is 0 Å². The van der Waals surface area contributed by atoms with E-state index < -0.39 is 12.1 Å². The van der Waals surface area contributed by atoms with Gasteiger partial charge < -0.3 is 9.84 Å². The minimum atomic E-state index is -1.03. The molecular formula is C12H16O3. The normalized spacial score (nSPS) is 12.5. The lowest BCUT2D eigenvalue weighted by atomic mass is 10.1. The molecule has 0 aliphatic heterocycles. The highest BCUT2D eigenvalue weighted by Gasteiger charge is 2.20. The molecule has 82 valence electrons. The number of aliphatic hydroxyl groups excluding tert-OH is 1. The van der Waals surface area contributed by atoms with E-state index in [1.54, 1.807) is 13.8 Å². The van der Waals surface area contributed by atoms with Crippen molar-refractivity contribution in [1.82, 2.24) is 0 Å². The van der Waals surface area contributed by atoms with Crippen LogP contribution in [0.3, 0.4) is 0 Å². The SMILES string of the molecule is CC(C)[C@H](O)C(=O)OCc1ccccc1. The molecule has 0 bridgehead atoms. The number of aliphatic hydroxyl groups is 1. The molecule has 0 heterocycles. The lowest BCUT2D eigenvalue weighted by Gasteiger charge is -2.13. The standard InChI is InChI=1S/C12H16O3/c1-9(2)11(13)12(14)15-8-10-6-4-3-5-7-10/h3-7,9,11,13H,8H2,1-2H3/t11-/m0/s1. The van der Waals surface area contributed by atoms with Crippen LogP contribution in [0.2, 0.25) is 0 Å². The van der Waals surface area contributed by atoms with Crippen LogP contribution in [0.25, 0.3) is 0 Å². The van der Waals surface area contributed by atoms with Crippen LogP contribution in [0.5, 0.6) is 0 Å². The highest BCUT2D eigenvalue weighted by atomic mass is 16.5. The van der Waals surface area contributed by atoms with E-state index in [1.807, 2.05) is 30.3 Å². The van der Waals surface area contributed by atoms with Crippen LogP contribution in [0, 0.1) is 5.92 Å². The number of carbonyl (C=O) groups excluding carboxylic acids is 1. The number of benzene rings is 1. The van der Waals surface area contributed by atoms with Gasteiger partial charge in [0.1, 0.15) is 6.61 Å². The van der Waals surface area contributed by atoms with E-state index in [1.165, 1.54) is 0 Å². The lowest BCUT2D eigenvalue weighted by Crippen LogP contribution is -2.27. The van der Waals surface area contributed by atoms with Gasteiger partial charge in [-0.05, 0) is 11.5 Å². The van der Waals surface area contributed by atoms with Crippen molar-refractivity contribution in [2.75, 3.05) is 0 Å². The minimum Gasteiger partial charge on any atom is -0.459 e. The first kappa shape index (κ1) is 11.7. The Hall–Kier alpha value is -1.35. The maximum atomic E-state index is 11.3. The molecule has 3 heteroatoms. The van der Waals surface area contributed by atoms with Gasteiger partial charge in [0.25, 0.3) is 0 Å². The van der Waals surface area contributed by atoms with E-state index in [4.69, 9.17) is 4.74 Å². The number of ether oxygens (including phenoxy) is 1. The monoisotopic (exact) mass is 208 g/mol. The summed E-state index contributed by atoms with van der Waals surface area (Å²) in [5, 5.41) is 9.40. The van der Waals surface area contributed by atoms with E-state index in [9.17, 15) is 9.90 Å². The number of hydrogen-bond donors (Lipinski definition) is 1. The Bertz CT molecular complexity index is 306. The Morgan fingerprint density at radius 2 is 1.93 bits per heavy atom. The van der Waals surface area contributed by atoms with Gasteiger partial charge in [0.2, 0.25) is 0 Å². The first-order valence-electron chi connectivity index (χ1n) is 5.00. The summed E-state index contributed by atoms with van der Waals surface area (Å²) in [4.78, 5) is 11.3. The van der Waals surface area contributed by atoms with Gasteiger partial charge in [0, 0.05) is 0 Å². The maximum absolute atomic E-state index is 11.3. The smallest absolute Gasteiger partial charge is 0.335 e. The molecule has 0 amide bonds. The quantitative estimate of drug-likeness (QED) is 0.767. The summed E-state index contributed by atoms with van der Waals surface area (Å²) in [6.45, 7) is 3.76. The molecule has 0 saturated carbocycles. The summed E-state index contributed by atoms with van der Waals surface area (Å²) in [5.74, 6) is -0.679. The van der Waals surface area contributed by atoms with Crippen molar-refractivity contribution in [1.29, 1.82) is 0 Å². The summed E-state index contributed by atoms with van der Waals surface area (Å²) in [5.41, 5.74) is 0.918. The molecule has 0 aliphatic rings. The van der Waals surface area contributed by atoms with Crippen molar-refractivity contribution >= 4 is 5.97 Å². The predicted octanol–water partition coefficient (Wildman–Crippen LogP) is 1.75. The van der Waals surface area contributed by atoms with Crippen molar-refractivity contribution in [3.63, 3.8) is 0 Å². The number of rotatable bonds is 4. The average Bonchev–Trinajstić information content (AvgIpc) is 2.26. The molecule has 0 radical (unpaired) electrons. The fourth-order valence-corrected chi connectivity index (χ4v) is 1.09. The van der Waals surface area contributed by atoms with Gasteiger partial charge in [-0.2, -0.15) is 0 Å². The summed E-state index contributed by atoms with van der Waals surface area (Å²) < 4.78 is 4.96. The molecule has 0 saturated heterocycles. The Balaban J connectivity index is 2.41. The maximum Gasteiger partial charge on any atom is 0.335 e. The van der Waals surface area contributed by atoms with Crippen LogP contribution in [-0.2, 0) is 16.1 Å². The molecule has 1 aromatic carbocycles. The number of hydrogen-bond acceptors (Lipinski definition) is 3. The number of esters is 1. The molecule has 3 nitrogen and oxygen atoms in total. The molecule has 0 unspecified atom stereocenters. The molecule has 0 aromatic heterocycles. The lowest BCUT2D eigenvalue weighted by molar-refractivity contribution is -0.157. The summed E-state index contributed by atoms with van der Waals surface area (Å²) in [7, 11) is 0. The summed E-state index contributed by atoms with van der Waals surface area (Å²) in [6, 6.07) is 9.39. The summed E-state index contributed by atoms with van der Waals surface area (Å²) in [6.07, 6.45) is -1.03. The Morgan fingerprint density at radius 3 is 2.47 bits per heavy atom. The van der Waals surface area contributed by atoms with Crippen molar-refractivity contribution in [3.8, 4) is 0 Å². The molecule has 1 N–H and O–H groups in total. The molecular weight excluding hydrogens is 192 g/mol. The zero-order chi connectivity index (χ0) is 11.3. The molecule has 1 rings (SSSR count). The van der Waals surface area contributed by atoms with Crippen molar-refractivity contribution < 1.29 is 14.6 Å². The van der Waals surface area contributed by atoms with Crippen LogP contribution in [0.1, 0.15) is 19.4 Å². The van der Waals surface area contributed by atoms with Gasteiger partial charge >= 0.3 is 5.97 Å². The Labute approximate surface area is 89.7 Å². The first-order chi connectivity index (χ1) is 7.11. The van der Waals surface area contributed by atoms with Crippen LogP contribution < -0.4 is 0 Å². The van der Waals surface area contributed by atoms with Gasteiger partial charge in [-0.15, -0.1) is 0 Å². The minimum absolute atomic E-state index is 0.117. The van der Waals surface area contributed by atoms with Gasteiger partial charge in [-0.1, -0.05) is 44.2 Å². The van der Waals surface area contributed by atoms with E-state index in [0.717, 1.165) is 5.56 Å². The van der Waals surface area contributed by atoms with Crippen molar-refractivity contribution in [2.24, 2.45) is 5.92 Å². The zero-order valence-corrected chi connectivity index (χ0v) is 9.01.